The van der Waals surface area contributed by atoms with Gasteiger partial charge in [0, 0.05) is 38.8 Å². The summed E-state index contributed by atoms with van der Waals surface area (Å²) in [5.41, 5.74) is 11.8. The zero-order valence-electron chi connectivity index (χ0n) is 26.4. The number of hydrogen-bond donors (Lipinski definition) is 0. The van der Waals surface area contributed by atoms with Crippen LogP contribution in [-0.2, 0) is 0 Å². The lowest BCUT2D eigenvalue weighted by molar-refractivity contribution is 1.18. The molecule has 0 aliphatic heterocycles. The Morgan fingerprint density at radius 1 is 0.375 bits per heavy atom. The zero-order valence-corrected chi connectivity index (χ0v) is 26.4. The SMILES string of the molecule is c1ccc(-c2cccc3c4ccccc4n(-c4cccc(-c5ccc(N(c6ccccc6)c6cccc7ccccc67)cc5)c4)c23)cc1. The van der Waals surface area contributed by atoms with Gasteiger partial charge in [0.2, 0.25) is 0 Å². The fourth-order valence-corrected chi connectivity index (χ4v) is 7.17. The highest BCUT2D eigenvalue weighted by Crippen LogP contribution is 2.41. The third-order valence-electron chi connectivity index (χ3n) is 9.36. The summed E-state index contributed by atoms with van der Waals surface area (Å²) in [5, 5.41) is 4.97. The minimum Gasteiger partial charge on any atom is -0.310 e. The summed E-state index contributed by atoms with van der Waals surface area (Å²) in [6.07, 6.45) is 0. The Morgan fingerprint density at radius 2 is 0.979 bits per heavy atom. The van der Waals surface area contributed by atoms with Crippen molar-refractivity contribution < 1.29 is 0 Å². The van der Waals surface area contributed by atoms with Gasteiger partial charge in [0.25, 0.3) is 0 Å². The summed E-state index contributed by atoms with van der Waals surface area (Å²) in [6.45, 7) is 0. The zero-order chi connectivity index (χ0) is 31.9. The molecule has 2 heteroatoms. The number of anilines is 3. The van der Waals surface area contributed by atoms with Crippen LogP contribution in [0.15, 0.2) is 194 Å². The Kier molecular flexibility index (Phi) is 6.84. The fourth-order valence-electron chi connectivity index (χ4n) is 7.17. The van der Waals surface area contributed by atoms with Gasteiger partial charge < -0.3 is 9.47 Å². The largest absolute Gasteiger partial charge is 0.310 e. The molecule has 0 saturated carbocycles. The molecule has 9 aromatic rings. The molecule has 0 atom stereocenters. The van der Waals surface area contributed by atoms with E-state index < -0.39 is 0 Å². The van der Waals surface area contributed by atoms with Gasteiger partial charge >= 0.3 is 0 Å². The second-order valence-electron chi connectivity index (χ2n) is 12.2. The van der Waals surface area contributed by atoms with Crippen LogP contribution in [0, 0.1) is 0 Å². The topological polar surface area (TPSA) is 8.17 Å². The Bertz CT molecular complexity index is 2540. The van der Waals surface area contributed by atoms with Gasteiger partial charge in [-0.15, -0.1) is 0 Å². The van der Waals surface area contributed by atoms with Crippen molar-refractivity contribution in [2.45, 2.75) is 0 Å². The van der Waals surface area contributed by atoms with E-state index in [1.807, 2.05) is 0 Å². The summed E-state index contributed by atoms with van der Waals surface area (Å²) in [6, 6.07) is 69.8. The number of rotatable bonds is 6. The Morgan fingerprint density at radius 3 is 1.81 bits per heavy atom. The van der Waals surface area contributed by atoms with Crippen molar-refractivity contribution in [2.75, 3.05) is 4.90 Å². The average molecular weight is 613 g/mol. The molecular formula is C46H32N2. The van der Waals surface area contributed by atoms with Crippen LogP contribution in [0.2, 0.25) is 0 Å². The first kappa shape index (κ1) is 27.9. The maximum atomic E-state index is 2.43. The van der Waals surface area contributed by atoms with E-state index in [1.165, 1.54) is 54.8 Å². The van der Waals surface area contributed by atoms with E-state index in [-0.39, 0.29) is 0 Å². The van der Waals surface area contributed by atoms with Crippen molar-refractivity contribution in [3.63, 3.8) is 0 Å². The molecule has 0 amide bonds. The van der Waals surface area contributed by atoms with Crippen molar-refractivity contribution in [3.05, 3.63) is 194 Å². The smallest absolute Gasteiger partial charge is 0.0619 e. The first-order valence-corrected chi connectivity index (χ1v) is 16.4. The van der Waals surface area contributed by atoms with Crippen molar-refractivity contribution >= 4 is 49.6 Å². The van der Waals surface area contributed by atoms with Crippen LogP contribution in [0.3, 0.4) is 0 Å². The minimum atomic E-state index is 1.12. The van der Waals surface area contributed by atoms with Crippen molar-refractivity contribution in [3.8, 4) is 27.9 Å². The predicted octanol–water partition coefficient (Wildman–Crippen LogP) is 12.7. The van der Waals surface area contributed by atoms with Crippen molar-refractivity contribution in [1.82, 2.24) is 4.57 Å². The van der Waals surface area contributed by atoms with E-state index in [0.717, 1.165) is 22.7 Å². The first-order valence-electron chi connectivity index (χ1n) is 16.4. The van der Waals surface area contributed by atoms with Gasteiger partial charge in [-0.3, -0.25) is 0 Å². The van der Waals surface area contributed by atoms with E-state index in [2.05, 4.69) is 204 Å². The third kappa shape index (κ3) is 4.74. The summed E-state index contributed by atoms with van der Waals surface area (Å²) in [5.74, 6) is 0. The van der Waals surface area contributed by atoms with Gasteiger partial charge in [-0.2, -0.15) is 0 Å². The Balaban J connectivity index is 1.17. The van der Waals surface area contributed by atoms with E-state index in [9.17, 15) is 0 Å². The number of hydrogen-bond acceptors (Lipinski definition) is 1. The standard InChI is InChI=1S/C46H32N2/c1-3-14-35(15-4-1)41-24-13-25-43-42-23-9-10-26-45(42)48(46(41)43)39-21-11-18-36(32-39)33-28-30-38(31-29-33)47(37-19-5-2-6-20-37)44-27-12-17-34-16-7-8-22-40(34)44/h1-32H. The molecule has 48 heavy (non-hydrogen) atoms. The highest BCUT2D eigenvalue weighted by Gasteiger charge is 2.18. The summed E-state index contributed by atoms with van der Waals surface area (Å²) < 4.78 is 2.43. The van der Waals surface area contributed by atoms with Crippen LogP contribution >= 0.6 is 0 Å². The molecule has 8 aromatic carbocycles. The number of benzene rings is 8. The van der Waals surface area contributed by atoms with Gasteiger partial charge in [0.05, 0.1) is 16.7 Å². The van der Waals surface area contributed by atoms with Crippen molar-refractivity contribution in [2.24, 2.45) is 0 Å². The first-order chi connectivity index (χ1) is 23.8. The molecule has 226 valence electrons. The van der Waals surface area contributed by atoms with Crippen LogP contribution < -0.4 is 4.90 Å². The molecule has 0 aliphatic carbocycles. The van der Waals surface area contributed by atoms with E-state index in [1.54, 1.807) is 0 Å². The maximum absolute atomic E-state index is 2.43. The molecule has 0 N–H and O–H groups in total. The summed E-state index contributed by atoms with van der Waals surface area (Å²) in [4.78, 5) is 2.35. The fraction of sp³-hybridized carbons (Fsp3) is 0. The molecule has 2 nitrogen and oxygen atoms in total. The van der Waals surface area contributed by atoms with E-state index in [0.29, 0.717) is 0 Å². The maximum Gasteiger partial charge on any atom is 0.0619 e. The van der Waals surface area contributed by atoms with Gasteiger partial charge in [-0.1, -0.05) is 146 Å². The predicted molar refractivity (Wildman–Crippen MR) is 204 cm³/mol. The van der Waals surface area contributed by atoms with Gasteiger partial charge in [0.15, 0.2) is 0 Å². The molecule has 0 spiro atoms. The molecule has 0 radical (unpaired) electrons. The summed E-state index contributed by atoms with van der Waals surface area (Å²) >= 11 is 0. The van der Waals surface area contributed by atoms with Crippen LogP contribution in [0.25, 0.3) is 60.5 Å². The third-order valence-corrected chi connectivity index (χ3v) is 9.36. The van der Waals surface area contributed by atoms with E-state index >= 15 is 0 Å². The molecule has 0 saturated heterocycles. The molecular weight excluding hydrogens is 581 g/mol. The lowest BCUT2D eigenvalue weighted by atomic mass is 10.0. The van der Waals surface area contributed by atoms with Crippen molar-refractivity contribution in [1.29, 1.82) is 0 Å². The Hall–Kier alpha value is -6.38. The number of nitrogens with zero attached hydrogens (tertiary/aromatic N) is 2. The molecule has 1 heterocycles. The van der Waals surface area contributed by atoms with Gasteiger partial charge in [-0.05, 0) is 70.6 Å². The lowest BCUT2D eigenvalue weighted by Gasteiger charge is -2.27. The minimum absolute atomic E-state index is 1.12. The normalized spacial score (nSPS) is 11.3. The molecule has 1 aromatic heterocycles. The second kappa shape index (κ2) is 11.8. The van der Waals surface area contributed by atoms with Crippen LogP contribution in [0.1, 0.15) is 0 Å². The highest BCUT2D eigenvalue weighted by atomic mass is 15.1. The average Bonchev–Trinajstić information content (AvgIpc) is 3.51. The van der Waals surface area contributed by atoms with Crippen LogP contribution in [0.4, 0.5) is 17.1 Å². The summed E-state index contributed by atoms with van der Waals surface area (Å²) in [7, 11) is 0. The molecule has 0 fully saturated rings. The molecule has 0 unspecified atom stereocenters. The van der Waals surface area contributed by atoms with Crippen LogP contribution in [0.5, 0.6) is 0 Å². The monoisotopic (exact) mass is 612 g/mol. The second-order valence-corrected chi connectivity index (χ2v) is 12.2. The van der Waals surface area contributed by atoms with Gasteiger partial charge in [-0.25, -0.2) is 0 Å². The number of aromatic nitrogens is 1. The lowest BCUT2D eigenvalue weighted by Crippen LogP contribution is -2.10. The molecule has 0 aliphatic rings. The van der Waals surface area contributed by atoms with Crippen LogP contribution in [-0.4, -0.2) is 4.57 Å². The number of fused-ring (bicyclic) bond motifs is 4. The highest BCUT2D eigenvalue weighted by molar-refractivity contribution is 6.13. The number of para-hydroxylation sites is 3. The quantitative estimate of drug-likeness (QED) is 0.181. The van der Waals surface area contributed by atoms with E-state index in [4.69, 9.17) is 0 Å². The molecule has 0 bridgehead atoms. The molecule has 9 rings (SSSR count). The Labute approximate surface area is 280 Å². The van der Waals surface area contributed by atoms with Gasteiger partial charge in [0.1, 0.15) is 0 Å².